The molecular formula is C13H16BrN3O. The highest BCUT2D eigenvalue weighted by Crippen LogP contribution is 2.32. The molecule has 0 aliphatic rings. The predicted octanol–water partition coefficient (Wildman–Crippen LogP) is 2.40. The van der Waals surface area contributed by atoms with Crippen molar-refractivity contribution in [1.29, 1.82) is 0 Å². The number of nitrogens with zero attached hydrogens (tertiary/aromatic N) is 2. The van der Waals surface area contributed by atoms with Gasteiger partial charge in [0.2, 0.25) is 0 Å². The molecule has 2 aromatic rings. The molecule has 18 heavy (non-hydrogen) atoms. The monoisotopic (exact) mass is 309 g/mol. The molecule has 3 N–H and O–H groups in total. The Kier molecular flexibility index (Phi) is 4.04. The number of nitrogen functional groups attached to an aromatic ring is 1. The fraction of sp³-hybridized carbons (Fsp3) is 0.308. The lowest BCUT2D eigenvalue weighted by atomic mass is 10.1. The summed E-state index contributed by atoms with van der Waals surface area (Å²) in [7, 11) is 0. The van der Waals surface area contributed by atoms with Gasteiger partial charge in [-0.25, -0.2) is 0 Å². The van der Waals surface area contributed by atoms with Gasteiger partial charge in [0.05, 0.1) is 29.7 Å². The number of likely N-dealkylation sites (N-methyl/N-ethyl adjacent to an activating group) is 1. The number of pyridine rings is 1. The van der Waals surface area contributed by atoms with Gasteiger partial charge in [0.15, 0.2) is 0 Å². The van der Waals surface area contributed by atoms with Gasteiger partial charge >= 0.3 is 0 Å². The minimum Gasteiger partial charge on any atom is -0.396 e. The standard InChI is InChI=1S/C13H16BrN3O/c1-2-17(5-6-18)13-10-7-9(14)3-4-12(10)16-8-11(13)15/h3-4,7-8,18H,2,5-6,15H2,1H3. The number of hydrogen-bond acceptors (Lipinski definition) is 4. The molecule has 1 aromatic heterocycles. The Morgan fingerprint density at radius 1 is 1.44 bits per heavy atom. The highest BCUT2D eigenvalue weighted by atomic mass is 79.9. The summed E-state index contributed by atoms with van der Waals surface area (Å²) in [5.41, 5.74) is 8.52. The number of halogens is 1. The number of aliphatic hydroxyl groups is 1. The fourth-order valence-electron chi connectivity index (χ4n) is 2.07. The van der Waals surface area contributed by atoms with Crippen LogP contribution in [0.4, 0.5) is 11.4 Å². The topological polar surface area (TPSA) is 62.4 Å². The smallest absolute Gasteiger partial charge is 0.0745 e. The molecule has 5 heteroatoms. The van der Waals surface area contributed by atoms with E-state index in [0.717, 1.165) is 27.6 Å². The number of aliphatic hydroxyl groups excluding tert-OH is 1. The molecule has 0 saturated carbocycles. The summed E-state index contributed by atoms with van der Waals surface area (Å²) in [6.45, 7) is 3.49. The van der Waals surface area contributed by atoms with Crippen LogP contribution < -0.4 is 10.6 Å². The largest absolute Gasteiger partial charge is 0.396 e. The molecule has 2 rings (SSSR count). The Balaban J connectivity index is 2.65. The van der Waals surface area contributed by atoms with Crippen LogP contribution >= 0.6 is 15.9 Å². The molecule has 0 spiro atoms. The number of aromatic nitrogens is 1. The molecule has 0 aliphatic carbocycles. The Morgan fingerprint density at radius 3 is 2.89 bits per heavy atom. The first-order valence-electron chi connectivity index (χ1n) is 5.87. The summed E-state index contributed by atoms with van der Waals surface area (Å²) in [6.07, 6.45) is 1.67. The molecule has 1 heterocycles. The van der Waals surface area contributed by atoms with Crippen LogP contribution in [0.5, 0.6) is 0 Å². The SMILES string of the molecule is CCN(CCO)c1c(N)cnc2ccc(Br)cc12. The molecule has 96 valence electrons. The number of fused-ring (bicyclic) bond motifs is 1. The van der Waals surface area contributed by atoms with Gasteiger partial charge in [-0.1, -0.05) is 15.9 Å². The summed E-state index contributed by atoms with van der Waals surface area (Å²) in [5, 5.41) is 10.1. The van der Waals surface area contributed by atoms with E-state index in [1.165, 1.54) is 0 Å². The molecule has 0 fully saturated rings. The van der Waals surface area contributed by atoms with Crippen LogP contribution in [0, 0.1) is 0 Å². The van der Waals surface area contributed by atoms with Gasteiger partial charge in [-0.3, -0.25) is 4.98 Å². The summed E-state index contributed by atoms with van der Waals surface area (Å²) in [5.74, 6) is 0. The lowest BCUT2D eigenvalue weighted by Gasteiger charge is -2.25. The van der Waals surface area contributed by atoms with E-state index < -0.39 is 0 Å². The third-order valence-electron chi connectivity index (χ3n) is 2.90. The molecule has 0 atom stereocenters. The van der Waals surface area contributed by atoms with Crippen LogP contribution in [0.1, 0.15) is 6.92 Å². The Morgan fingerprint density at radius 2 is 2.22 bits per heavy atom. The molecule has 1 aromatic carbocycles. The van der Waals surface area contributed by atoms with E-state index in [2.05, 4.69) is 25.8 Å². The summed E-state index contributed by atoms with van der Waals surface area (Å²) >= 11 is 3.46. The van der Waals surface area contributed by atoms with Gasteiger partial charge in [0.25, 0.3) is 0 Å². The Hall–Kier alpha value is -1.33. The van der Waals surface area contributed by atoms with Crippen LogP contribution in [0.3, 0.4) is 0 Å². The van der Waals surface area contributed by atoms with Crippen LogP contribution in [-0.4, -0.2) is 29.8 Å². The molecular weight excluding hydrogens is 294 g/mol. The number of hydrogen-bond donors (Lipinski definition) is 2. The van der Waals surface area contributed by atoms with Crippen LogP contribution in [0.25, 0.3) is 10.9 Å². The minimum absolute atomic E-state index is 0.102. The minimum atomic E-state index is 0.102. The van der Waals surface area contributed by atoms with Crippen molar-refractivity contribution in [2.75, 3.05) is 30.3 Å². The van der Waals surface area contributed by atoms with Crippen molar-refractivity contribution in [3.8, 4) is 0 Å². The van der Waals surface area contributed by atoms with Crippen molar-refractivity contribution in [2.45, 2.75) is 6.92 Å². The number of nitrogens with two attached hydrogens (primary N) is 1. The third kappa shape index (κ3) is 2.42. The first kappa shape index (κ1) is 13.1. The van der Waals surface area contributed by atoms with Gasteiger partial charge < -0.3 is 15.7 Å². The quantitative estimate of drug-likeness (QED) is 0.910. The second-order valence-corrected chi connectivity index (χ2v) is 4.94. The fourth-order valence-corrected chi connectivity index (χ4v) is 2.43. The average Bonchev–Trinajstić information content (AvgIpc) is 2.36. The Bertz CT molecular complexity index is 554. The van der Waals surface area contributed by atoms with Crippen molar-refractivity contribution in [3.05, 3.63) is 28.9 Å². The zero-order valence-corrected chi connectivity index (χ0v) is 11.8. The van der Waals surface area contributed by atoms with Gasteiger partial charge in [-0.15, -0.1) is 0 Å². The van der Waals surface area contributed by atoms with E-state index in [1.54, 1.807) is 6.20 Å². The van der Waals surface area contributed by atoms with E-state index in [9.17, 15) is 0 Å². The molecule has 4 nitrogen and oxygen atoms in total. The molecule has 0 saturated heterocycles. The van der Waals surface area contributed by atoms with Gasteiger partial charge in [-0.2, -0.15) is 0 Å². The second kappa shape index (κ2) is 5.54. The number of benzene rings is 1. The summed E-state index contributed by atoms with van der Waals surface area (Å²) < 4.78 is 0.990. The first-order chi connectivity index (χ1) is 8.67. The molecule has 0 amide bonds. The van der Waals surface area contributed by atoms with Crippen LogP contribution in [-0.2, 0) is 0 Å². The van der Waals surface area contributed by atoms with Crippen molar-refractivity contribution < 1.29 is 5.11 Å². The van der Waals surface area contributed by atoms with Gasteiger partial charge in [-0.05, 0) is 25.1 Å². The highest BCUT2D eigenvalue weighted by molar-refractivity contribution is 9.10. The lowest BCUT2D eigenvalue weighted by Crippen LogP contribution is -2.27. The van der Waals surface area contributed by atoms with Crippen molar-refractivity contribution in [2.24, 2.45) is 0 Å². The Labute approximate surface area is 115 Å². The normalized spacial score (nSPS) is 10.8. The summed E-state index contributed by atoms with van der Waals surface area (Å²) in [6, 6.07) is 5.92. The van der Waals surface area contributed by atoms with E-state index >= 15 is 0 Å². The van der Waals surface area contributed by atoms with Crippen LogP contribution in [0.2, 0.25) is 0 Å². The van der Waals surface area contributed by atoms with E-state index in [0.29, 0.717) is 12.2 Å². The molecule has 0 aliphatic heterocycles. The molecule has 0 bridgehead atoms. The predicted molar refractivity (Wildman–Crippen MR) is 78.8 cm³/mol. The van der Waals surface area contributed by atoms with Gasteiger partial charge in [0.1, 0.15) is 0 Å². The third-order valence-corrected chi connectivity index (χ3v) is 3.39. The van der Waals surface area contributed by atoms with Crippen LogP contribution in [0.15, 0.2) is 28.9 Å². The van der Waals surface area contributed by atoms with E-state index in [-0.39, 0.29) is 6.61 Å². The maximum absolute atomic E-state index is 9.14. The highest BCUT2D eigenvalue weighted by Gasteiger charge is 2.13. The maximum atomic E-state index is 9.14. The van der Waals surface area contributed by atoms with Crippen molar-refractivity contribution >= 4 is 38.2 Å². The van der Waals surface area contributed by atoms with E-state index in [1.807, 2.05) is 25.1 Å². The number of anilines is 2. The lowest BCUT2D eigenvalue weighted by molar-refractivity contribution is 0.302. The molecule has 0 unspecified atom stereocenters. The average molecular weight is 310 g/mol. The summed E-state index contributed by atoms with van der Waals surface area (Å²) in [4.78, 5) is 6.39. The van der Waals surface area contributed by atoms with Gasteiger partial charge in [0, 0.05) is 22.9 Å². The van der Waals surface area contributed by atoms with E-state index in [4.69, 9.17) is 10.8 Å². The zero-order valence-electron chi connectivity index (χ0n) is 10.2. The number of rotatable bonds is 4. The van der Waals surface area contributed by atoms with Crippen molar-refractivity contribution in [3.63, 3.8) is 0 Å². The first-order valence-corrected chi connectivity index (χ1v) is 6.66. The zero-order chi connectivity index (χ0) is 13.1. The second-order valence-electron chi connectivity index (χ2n) is 4.03. The van der Waals surface area contributed by atoms with Crippen molar-refractivity contribution in [1.82, 2.24) is 4.98 Å². The maximum Gasteiger partial charge on any atom is 0.0745 e. The molecule has 0 radical (unpaired) electrons.